The maximum absolute atomic E-state index is 11.0. The summed E-state index contributed by atoms with van der Waals surface area (Å²) in [7, 11) is 1.62. The van der Waals surface area contributed by atoms with Crippen molar-refractivity contribution >= 4 is 27.6 Å². The molecule has 2 N–H and O–H groups in total. The first kappa shape index (κ1) is 19.1. The third-order valence-corrected chi connectivity index (χ3v) is 4.48. The molecule has 0 unspecified atom stereocenters. The first-order valence-corrected chi connectivity index (χ1v) is 8.82. The Bertz CT molecular complexity index is 761. The van der Waals surface area contributed by atoms with E-state index in [9.17, 15) is 4.79 Å². The fourth-order valence-corrected chi connectivity index (χ4v) is 2.85. The van der Waals surface area contributed by atoms with Crippen molar-refractivity contribution in [1.82, 2.24) is 0 Å². The molecule has 0 bridgehead atoms. The third-order valence-electron chi connectivity index (χ3n) is 3.74. The van der Waals surface area contributed by atoms with E-state index in [-0.39, 0.29) is 5.56 Å². The minimum absolute atomic E-state index is 0.281. The lowest BCUT2D eigenvalue weighted by molar-refractivity contribution is 0.0697. The van der Waals surface area contributed by atoms with Crippen molar-refractivity contribution in [2.24, 2.45) is 0 Å². The van der Waals surface area contributed by atoms with Crippen LogP contribution in [0.1, 0.15) is 34.8 Å². The van der Waals surface area contributed by atoms with Gasteiger partial charge in [-0.3, -0.25) is 0 Å². The van der Waals surface area contributed by atoms with Crippen molar-refractivity contribution in [3.05, 3.63) is 51.5 Å². The van der Waals surface area contributed by atoms with Gasteiger partial charge in [0.2, 0.25) is 0 Å². The van der Waals surface area contributed by atoms with Crippen LogP contribution < -0.4 is 14.8 Å². The predicted octanol–water partition coefficient (Wildman–Crippen LogP) is 4.87. The zero-order chi connectivity index (χ0) is 18.4. The number of aryl methyl sites for hydroxylation is 1. The molecule has 0 spiro atoms. The maximum atomic E-state index is 11.0. The SMILES string of the molecule is CCCOc1cc(Br)c(CNc2ccc(C(=O)O)cc2C)cc1OC. The summed E-state index contributed by atoms with van der Waals surface area (Å²) in [6.07, 6.45) is 0.926. The molecule has 0 radical (unpaired) electrons. The van der Waals surface area contributed by atoms with Gasteiger partial charge in [-0.2, -0.15) is 0 Å². The summed E-state index contributed by atoms with van der Waals surface area (Å²) in [5.41, 5.74) is 3.07. The monoisotopic (exact) mass is 407 g/mol. The highest BCUT2D eigenvalue weighted by Crippen LogP contribution is 2.34. The number of ether oxygens (including phenoxy) is 2. The molecule has 0 aromatic heterocycles. The first-order valence-electron chi connectivity index (χ1n) is 8.03. The van der Waals surface area contributed by atoms with Gasteiger partial charge >= 0.3 is 5.97 Å². The number of carboxylic acids is 1. The summed E-state index contributed by atoms with van der Waals surface area (Å²) in [6, 6.07) is 8.87. The molecule has 0 fully saturated rings. The number of anilines is 1. The van der Waals surface area contributed by atoms with Gasteiger partial charge in [0, 0.05) is 16.7 Å². The largest absolute Gasteiger partial charge is 0.493 e. The van der Waals surface area contributed by atoms with Gasteiger partial charge < -0.3 is 19.9 Å². The van der Waals surface area contributed by atoms with Crippen LogP contribution in [0.4, 0.5) is 5.69 Å². The van der Waals surface area contributed by atoms with Gasteiger partial charge in [-0.15, -0.1) is 0 Å². The number of hydrogen-bond acceptors (Lipinski definition) is 4. The van der Waals surface area contributed by atoms with Crippen LogP contribution in [0, 0.1) is 6.92 Å². The van der Waals surface area contributed by atoms with Crippen LogP contribution in [-0.2, 0) is 6.54 Å². The Morgan fingerprint density at radius 1 is 1.24 bits per heavy atom. The average Bonchev–Trinajstić information content (AvgIpc) is 2.59. The summed E-state index contributed by atoms with van der Waals surface area (Å²) in [4.78, 5) is 11.0. The van der Waals surface area contributed by atoms with Crippen LogP contribution in [0.25, 0.3) is 0 Å². The summed E-state index contributed by atoms with van der Waals surface area (Å²) in [5.74, 6) is 0.471. The zero-order valence-corrected chi connectivity index (χ0v) is 16.1. The molecule has 0 saturated carbocycles. The highest BCUT2D eigenvalue weighted by Gasteiger charge is 2.11. The lowest BCUT2D eigenvalue weighted by Gasteiger charge is -2.15. The molecule has 5 nitrogen and oxygen atoms in total. The molecule has 2 aromatic rings. The molecule has 2 rings (SSSR count). The van der Waals surface area contributed by atoms with Crippen molar-refractivity contribution in [3.8, 4) is 11.5 Å². The van der Waals surface area contributed by atoms with Crippen molar-refractivity contribution in [2.45, 2.75) is 26.8 Å². The smallest absolute Gasteiger partial charge is 0.335 e. The minimum Gasteiger partial charge on any atom is -0.493 e. The quantitative estimate of drug-likeness (QED) is 0.653. The predicted molar refractivity (Wildman–Crippen MR) is 102 cm³/mol. The Labute approximate surface area is 156 Å². The standard InChI is InChI=1S/C19H22BrNO4/c1-4-7-25-18-10-15(20)14(9-17(18)24-3)11-21-16-6-5-13(19(22)23)8-12(16)2/h5-6,8-10,21H,4,7,11H2,1-3H3,(H,22,23). The molecule has 0 aliphatic carbocycles. The second-order valence-corrected chi connectivity index (χ2v) is 6.49. The Morgan fingerprint density at radius 3 is 2.60 bits per heavy atom. The summed E-state index contributed by atoms with van der Waals surface area (Å²) in [6.45, 7) is 5.14. The number of aromatic carboxylic acids is 1. The van der Waals surface area contributed by atoms with Crippen LogP contribution in [-0.4, -0.2) is 24.8 Å². The number of carbonyl (C=O) groups is 1. The Hall–Kier alpha value is -2.21. The number of nitrogens with one attached hydrogen (secondary N) is 1. The van der Waals surface area contributed by atoms with Gasteiger partial charge in [0.05, 0.1) is 19.3 Å². The Balaban J connectivity index is 2.16. The van der Waals surface area contributed by atoms with Gasteiger partial charge in [0.15, 0.2) is 11.5 Å². The van der Waals surface area contributed by atoms with Crippen LogP contribution in [0.5, 0.6) is 11.5 Å². The molecule has 2 aromatic carbocycles. The van der Waals surface area contributed by atoms with Crippen molar-refractivity contribution in [2.75, 3.05) is 19.0 Å². The molecular formula is C19H22BrNO4. The van der Waals surface area contributed by atoms with Gasteiger partial charge in [0.25, 0.3) is 0 Å². The summed E-state index contributed by atoms with van der Waals surface area (Å²) < 4.78 is 12.0. The van der Waals surface area contributed by atoms with E-state index < -0.39 is 5.97 Å². The van der Waals surface area contributed by atoms with E-state index in [1.165, 1.54) is 0 Å². The molecule has 134 valence electrons. The Morgan fingerprint density at radius 2 is 2.00 bits per heavy atom. The molecule has 6 heteroatoms. The number of benzene rings is 2. The van der Waals surface area contributed by atoms with E-state index in [1.807, 2.05) is 19.1 Å². The van der Waals surface area contributed by atoms with Crippen LogP contribution in [0.3, 0.4) is 0 Å². The average molecular weight is 408 g/mol. The van der Waals surface area contributed by atoms with E-state index in [0.717, 1.165) is 27.7 Å². The van der Waals surface area contributed by atoms with E-state index in [4.69, 9.17) is 14.6 Å². The van der Waals surface area contributed by atoms with Gasteiger partial charge in [-0.05, 0) is 54.8 Å². The molecule has 0 amide bonds. The lowest BCUT2D eigenvalue weighted by Crippen LogP contribution is -2.05. The second kappa shape index (κ2) is 8.76. The van der Waals surface area contributed by atoms with Crippen molar-refractivity contribution in [1.29, 1.82) is 0 Å². The fourth-order valence-electron chi connectivity index (χ4n) is 2.38. The number of methoxy groups -OCH3 is 1. The lowest BCUT2D eigenvalue weighted by atomic mass is 10.1. The highest BCUT2D eigenvalue weighted by molar-refractivity contribution is 9.10. The zero-order valence-electron chi connectivity index (χ0n) is 14.6. The summed E-state index contributed by atoms with van der Waals surface area (Å²) >= 11 is 3.57. The molecule has 0 aliphatic heterocycles. The number of halogens is 1. The molecule has 25 heavy (non-hydrogen) atoms. The second-order valence-electron chi connectivity index (χ2n) is 5.63. The topological polar surface area (TPSA) is 67.8 Å². The number of rotatable bonds is 8. The van der Waals surface area contributed by atoms with E-state index in [2.05, 4.69) is 28.2 Å². The molecule has 0 atom stereocenters. The minimum atomic E-state index is -0.926. The number of hydrogen-bond donors (Lipinski definition) is 2. The normalized spacial score (nSPS) is 10.4. The van der Waals surface area contributed by atoms with Crippen LogP contribution >= 0.6 is 15.9 Å². The molecular weight excluding hydrogens is 386 g/mol. The molecule has 0 aliphatic rings. The summed E-state index contributed by atoms with van der Waals surface area (Å²) in [5, 5.41) is 12.4. The highest BCUT2D eigenvalue weighted by atomic mass is 79.9. The fraction of sp³-hybridized carbons (Fsp3) is 0.316. The van der Waals surface area contributed by atoms with Gasteiger partial charge in [-0.25, -0.2) is 4.79 Å². The van der Waals surface area contributed by atoms with Crippen LogP contribution in [0.15, 0.2) is 34.8 Å². The van der Waals surface area contributed by atoms with E-state index in [1.54, 1.807) is 25.3 Å². The third kappa shape index (κ3) is 4.89. The Kier molecular flexibility index (Phi) is 6.70. The van der Waals surface area contributed by atoms with Gasteiger partial charge in [0.1, 0.15) is 0 Å². The van der Waals surface area contributed by atoms with Crippen molar-refractivity contribution < 1.29 is 19.4 Å². The van der Waals surface area contributed by atoms with Crippen molar-refractivity contribution in [3.63, 3.8) is 0 Å². The first-order chi connectivity index (χ1) is 12.0. The van der Waals surface area contributed by atoms with Crippen LogP contribution in [0.2, 0.25) is 0 Å². The van der Waals surface area contributed by atoms with E-state index in [0.29, 0.717) is 24.7 Å². The molecule has 0 saturated heterocycles. The van der Waals surface area contributed by atoms with Gasteiger partial charge in [-0.1, -0.05) is 22.9 Å². The number of carboxylic acid groups (broad SMARTS) is 1. The molecule has 0 heterocycles. The maximum Gasteiger partial charge on any atom is 0.335 e. The van der Waals surface area contributed by atoms with E-state index >= 15 is 0 Å².